The minimum Gasteiger partial charge on any atom is -0.496 e. The van der Waals surface area contributed by atoms with E-state index in [1.54, 1.807) is 14.2 Å². The van der Waals surface area contributed by atoms with Crippen molar-refractivity contribution in [2.75, 3.05) is 14.2 Å². The molecule has 0 saturated heterocycles. The second-order valence-corrected chi connectivity index (χ2v) is 8.50. The molecule has 0 amide bonds. The first-order valence-corrected chi connectivity index (χ1v) is 10.0. The van der Waals surface area contributed by atoms with Crippen LogP contribution in [0.1, 0.15) is 53.5 Å². The summed E-state index contributed by atoms with van der Waals surface area (Å²) in [5, 5.41) is 10.6. The van der Waals surface area contributed by atoms with E-state index in [0.29, 0.717) is 17.9 Å². The van der Waals surface area contributed by atoms with Gasteiger partial charge in [0, 0.05) is 0 Å². The third-order valence-corrected chi connectivity index (χ3v) is 5.97. The number of allylic oxidation sites excluding steroid dienone is 3. The summed E-state index contributed by atoms with van der Waals surface area (Å²) in [5.74, 6) is 0.824. The van der Waals surface area contributed by atoms with Crippen LogP contribution in [0.2, 0.25) is 0 Å². The highest BCUT2D eigenvalue weighted by atomic mass is 16.5. The number of carboxylic acids is 1. The Balaban J connectivity index is 3.06. The van der Waals surface area contributed by atoms with E-state index in [0.717, 1.165) is 16.7 Å². The number of methoxy groups -OCH3 is 2. The number of carbonyl (C=O) groups is 1. The Hall–Kier alpha value is -2.23. The third kappa shape index (κ3) is 3.57. The van der Waals surface area contributed by atoms with Gasteiger partial charge in [0.05, 0.1) is 25.2 Å². The van der Waals surface area contributed by atoms with Gasteiger partial charge < -0.3 is 14.6 Å². The molecule has 0 saturated carbocycles. The minimum absolute atomic E-state index is 0.106. The van der Waals surface area contributed by atoms with Crippen molar-refractivity contribution in [3.05, 3.63) is 41.0 Å². The Morgan fingerprint density at radius 1 is 1.00 bits per heavy atom. The number of carboxylic acid groups (broad SMARTS) is 1. The van der Waals surface area contributed by atoms with E-state index < -0.39 is 11.4 Å². The van der Waals surface area contributed by atoms with Gasteiger partial charge in [-0.2, -0.15) is 0 Å². The lowest BCUT2D eigenvalue weighted by molar-refractivity contribution is -0.147. The van der Waals surface area contributed by atoms with Gasteiger partial charge in [-0.25, -0.2) is 0 Å². The van der Waals surface area contributed by atoms with E-state index in [1.807, 2.05) is 32.0 Å². The number of hydrogen-bond acceptors (Lipinski definition) is 3. The molecule has 1 aromatic carbocycles. The van der Waals surface area contributed by atoms with Gasteiger partial charge in [-0.15, -0.1) is 0 Å². The quantitative estimate of drug-likeness (QED) is 0.641. The molecule has 1 aliphatic carbocycles. The fourth-order valence-corrected chi connectivity index (χ4v) is 4.20. The molecule has 1 unspecified atom stereocenters. The SMILES string of the molecule is COc1cccc(OC)c1C1=C(C(C)C)C=C(C(C)C)CC1(C(=O)O)C(C)C. The molecule has 0 bridgehead atoms. The minimum atomic E-state index is -1.05. The second kappa shape index (κ2) is 8.42. The molecular formula is C24H34O4. The van der Waals surface area contributed by atoms with E-state index in [4.69, 9.17) is 9.47 Å². The zero-order valence-electron chi connectivity index (χ0n) is 18.4. The van der Waals surface area contributed by atoms with Gasteiger partial charge in [0.2, 0.25) is 0 Å². The average molecular weight is 387 g/mol. The standard InChI is InChI=1S/C24H34O4/c1-14(2)17-12-18(15(3)4)22(24(13-17,16(5)6)23(25)26)21-19(27-7)10-9-11-20(21)28-8/h9-12,14-16H,13H2,1-8H3,(H,25,26). The average Bonchev–Trinajstić information content (AvgIpc) is 2.65. The molecule has 0 heterocycles. The Kier molecular flexibility index (Phi) is 6.63. The smallest absolute Gasteiger partial charge is 0.314 e. The summed E-state index contributed by atoms with van der Waals surface area (Å²) < 4.78 is 11.3. The maximum Gasteiger partial charge on any atom is 0.314 e. The molecule has 4 nitrogen and oxygen atoms in total. The highest BCUT2D eigenvalue weighted by molar-refractivity contribution is 5.98. The number of ether oxygens (including phenoxy) is 2. The first kappa shape index (κ1) is 22.1. The van der Waals surface area contributed by atoms with Gasteiger partial charge in [0.1, 0.15) is 11.5 Å². The fourth-order valence-electron chi connectivity index (χ4n) is 4.20. The molecule has 1 atom stereocenters. The molecule has 0 aliphatic heterocycles. The van der Waals surface area contributed by atoms with E-state index in [-0.39, 0.29) is 17.8 Å². The lowest BCUT2D eigenvalue weighted by Crippen LogP contribution is -2.41. The Morgan fingerprint density at radius 3 is 1.89 bits per heavy atom. The number of benzene rings is 1. The van der Waals surface area contributed by atoms with Crippen molar-refractivity contribution in [3.8, 4) is 11.5 Å². The van der Waals surface area contributed by atoms with Crippen LogP contribution in [-0.2, 0) is 4.79 Å². The zero-order valence-corrected chi connectivity index (χ0v) is 18.4. The molecule has 1 aromatic rings. The van der Waals surface area contributed by atoms with Crippen LogP contribution in [0.3, 0.4) is 0 Å². The maximum atomic E-state index is 12.9. The highest BCUT2D eigenvalue weighted by Crippen LogP contribution is 2.56. The largest absolute Gasteiger partial charge is 0.496 e. The maximum absolute atomic E-state index is 12.9. The van der Waals surface area contributed by atoms with Crippen molar-refractivity contribution in [3.63, 3.8) is 0 Å². The van der Waals surface area contributed by atoms with Crippen molar-refractivity contribution >= 4 is 11.5 Å². The van der Waals surface area contributed by atoms with Crippen molar-refractivity contribution in [2.45, 2.75) is 48.0 Å². The van der Waals surface area contributed by atoms with Crippen molar-refractivity contribution in [1.29, 1.82) is 0 Å². The molecule has 0 radical (unpaired) electrons. The van der Waals surface area contributed by atoms with Gasteiger partial charge in [0.15, 0.2) is 0 Å². The Bertz CT molecular complexity index is 777. The summed E-state index contributed by atoms with van der Waals surface area (Å²) in [6, 6.07) is 5.61. The van der Waals surface area contributed by atoms with Crippen molar-refractivity contribution < 1.29 is 19.4 Å². The van der Waals surface area contributed by atoms with Gasteiger partial charge in [-0.3, -0.25) is 4.79 Å². The third-order valence-electron chi connectivity index (χ3n) is 5.97. The summed E-state index contributed by atoms with van der Waals surface area (Å²) in [6.07, 6.45) is 2.70. The van der Waals surface area contributed by atoms with Crippen molar-refractivity contribution in [1.82, 2.24) is 0 Å². The molecule has 4 heteroatoms. The zero-order chi connectivity index (χ0) is 21.2. The summed E-state index contributed by atoms with van der Waals surface area (Å²) in [7, 11) is 3.23. The van der Waals surface area contributed by atoms with Crippen LogP contribution in [0.25, 0.3) is 5.57 Å². The summed E-state index contributed by atoms with van der Waals surface area (Å²) in [6.45, 7) is 12.5. The molecule has 154 valence electrons. The normalized spacial score (nSPS) is 20.0. The van der Waals surface area contributed by atoms with Crippen LogP contribution in [-0.4, -0.2) is 25.3 Å². The van der Waals surface area contributed by atoms with Crippen molar-refractivity contribution in [2.24, 2.45) is 23.2 Å². The first-order chi connectivity index (χ1) is 13.1. The Morgan fingerprint density at radius 2 is 1.54 bits per heavy atom. The molecule has 0 spiro atoms. The topological polar surface area (TPSA) is 55.8 Å². The molecule has 28 heavy (non-hydrogen) atoms. The Labute approximate surface area is 169 Å². The lowest BCUT2D eigenvalue weighted by atomic mass is 9.59. The summed E-state index contributed by atoms with van der Waals surface area (Å²) in [4.78, 5) is 12.9. The van der Waals surface area contributed by atoms with Crippen LogP contribution in [0.15, 0.2) is 35.4 Å². The predicted molar refractivity (Wildman–Crippen MR) is 114 cm³/mol. The lowest BCUT2D eigenvalue weighted by Gasteiger charge is -2.43. The van der Waals surface area contributed by atoms with Gasteiger partial charge >= 0.3 is 5.97 Å². The van der Waals surface area contributed by atoms with Gasteiger partial charge in [-0.05, 0) is 47.5 Å². The van der Waals surface area contributed by atoms with Crippen LogP contribution in [0.4, 0.5) is 0 Å². The van der Waals surface area contributed by atoms with E-state index in [2.05, 4.69) is 33.8 Å². The van der Waals surface area contributed by atoms with Crippen LogP contribution in [0.5, 0.6) is 11.5 Å². The first-order valence-electron chi connectivity index (χ1n) is 10.0. The fraction of sp³-hybridized carbons (Fsp3) is 0.542. The molecule has 1 aliphatic rings. The number of aliphatic carboxylic acids is 1. The summed E-state index contributed by atoms with van der Waals surface area (Å²) in [5.41, 5.74) is 2.76. The highest BCUT2D eigenvalue weighted by Gasteiger charge is 2.50. The van der Waals surface area contributed by atoms with Crippen LogP contribution < -0.4 is 9.47 Å². The number of hydrogen-bond donors (Lipinski definition) is 1. The molecule has 2 rings (SSSR count). The van der Waals surface area contributed by atoms with Crippen LogP contribution >= 0.6 is 0 Å². The molecule has 0 fully saturated rings. The van der Waals surface area contributed by atoms with Gasteiger partial charge in [0.25, 0.3) is 0 Å². The molecule has 0 aromatic heterocycles. The molecular weight excluding hydrogens is 352 g/mol. The van der Waals surface area contributed by atoms with E-state index in [1.165, 1.54) is 5.57 Å². The van der Waals surface area contributed by atoms with Crippen LogP contribution in [0, 0.1) is 23.2 Å². The summed E-state index contributed by atoms with van der Waals surface area (Å²) >= 11 is 0. The second-order valence-electron chi connectivity index (χ2n) is 8.50. The number of rotatable bonds is 7. The molecule has 1 N–H and O–H groups in total. The predicted octanol–water partition coefficient (Wildman–Crippen LogP) is 5.83. The monoisotopic (exact) mass is 386 g/mol. The van der Waals surface area contributed by atoms with E-state index >= 15 is 0 Å². The van der Waals surface area contributed by atoms with E-state index in [9.17, 15) is 9.90 Å². The van der Waals surface area contributed by atoms with Gasteiger partial charge in [-0.1, -0.05) is 59.3 Å².